The molecule has 0 spiro atoms. The van der Waals surface area contributed by atoms with Gasteiger partial charge in [-0.2, -0.15) is 0 Å². The zero-order valence-electron chi connectivity index (χ0n) is 7.72. The summed E-state index contributed by atoms with van der Waals surface area (Å²) in [5.41, 5.74) is -0.468. The van der Waals surface area contributed by atoms with Crippen LogP contribution in [0.3, 0.4) is 0 Å². The van der Waals surface area contributed by atoms with Crippen LogP contribution in [0.25, 0.3) is 0 Å². The molecule has 2 heteroatoms. The Labute approximate surface area is 69.0 Å². The molecule has 1 atom stereocenters. The van der Waals surface area contributed by atoms with Crippen LogP contribution in [0.5, 0.6) is 0 Å². The maximum Gasteiger partial charge on any atom is 0.0771 e. The van der Waals surface area contributed by atoms with Gasteiger partial charge in [-0.1, -0.05) is 13.8 Å². The molecule has 2 nitrogen and oxygen atoms in total. The molecule has 0 aromatic carbocycles. The maximum atomic E-state index is 9.84. The van der Waals surface area contributed by atoms with Crippen LogP contribution in [0.1, 0.15) is 33.6 Å². The molecular weight excluding hydrogens is 138 g/mol. The fourth-order valence-corrected chi connectivity index (χ4v) is 1.26. The molecule has 1 saturated carbocycles. The standard InChI is InChI=1S/C9H19NO/c1-7(2)10-6-9(3,11)8-4-5-8/h7-8,10-11H,4-6H2,1-3H3. The first-order valence-corrected chi connectivity index (χ1v) is 4.48. The summed E-state index contributed by atoms with van der Waals surface area (Å²) >= 11 is 0. The third kappa shape index (κ3) is 2.80. The van der Waals surface area contributed by atoms with Gasteiger partial charge in [0.15, 0.2) is 0 Å². The Morgan fingerprint density at radius 1 is 1.55 bits per heavy atom. The Hall–Kier alpha value is -0.0800. The van der Waals surface area contributed by atoms with Gasteiger partial charge in [0.2, 0.25) is 0 Å². The van der Waals surface area contributed by atoms with E-state index in [1.54, 1.807) is 0 Å². The zero-order valence-corrected chi connectivity index (χ0v) is 7.72. The lowest BCUT2D eigenvalue weighted by molar-refractivity contribution is 0.0352. The van der Waals surface area contributed by atoms with E-state index in [0.29, 0.717) is 12.0 Å². The molecule has 0 aromatic rings. The van der Waals surface area contributed by atoms with Crippen LogP contribution in [0.15, 0.2) is 0 Å². The van der Waals surface area contributed by atoms with Crippen LogP contribution >= 0.6 is 0 Å². The summed E-state index contributed by atoms with van der Waals surface area (Å²) in [6.07, 6.45) is 2.40. The summed E-state index contributed by atoms with van der Waals surface area (Å²) in [7, 11) is 0. The van der Waals surface area contributed by atoms with Crippen molar-refractivity contribution in [1.29, 1.82) is 0 Å². The average molecular weight is 157 g/mol. The van der Waals surface area contributed by atoms with Gasteiger partial charge in [-0.15, -0.1) is 0 Å². The van der Waals surface area contributed by atoms with Crippen LogP contribution in [-0.2, 0) is 0 Å². The number of hydrogen-bond donors (Lipinski definition) is 2. The minimum absolute atomic E-state index is 0.468. The number of hydrogen-bond acceptors (Lipinski definition) is 2. The molecule has 0 radical (unpaired) electrons. The summed E-state index contributed by atoms with van der Waals surface area (Å²) in [5, 5.41) is 13.1. The minimum Gasteiger partial charge on any atom is -0.389 e. The fraction of sp³-hybridized carbons (Fsp3) is 1.00. The monoisotopic (exact) mass is 157 g/mol. The van der Waals surface area contributed by atoms with E-state index in [-0.39, 0.29) is 0 Å². The van der Waals surface area contributed by atoms with Crippen molar-refractivity contribution in [2.24, 2.45) is 5.92 Å². The predicted octanol–water partition coefficient (Wildman–Crippen LogP) is 1.15. The SMILES string of the molecule is CC(C)NCC(C)(O)C1CC1. The third-order valence-corrected chi connectivity index (χ3v) is 2.33. The van der Waals surface area contributed by atoms with Gasteiger partial charge in [0.25, 0.3) is 0 Å². The van der Waals surface area contributed by atoms with E-state index in [1.165, 1.54) is 12.8 Å². The van der Waals surface area contributed by atoms with Crippen LogP contribution in [0, 0.1) is 5.92 Å². The van der Waals surface area contributed by atoms with Gasteiger partial charge < -0.3 is 10.4 Å². The normalized spacial score (nSPS) is 23.7. The molecule has 1 unspecified atom stereocenters. The third-order valence-electron chi connectivity index (χ3n) is 2.33. The summed E-state index contributed by atoms with van der Waals surface area (Å²) in [4.78, 5) is 0. The molecule has 1 rings (SSSR count). The van der Waals surface area contributed by atoms with Gasteiger partial charge in [0.1, 0.15) is 0 Å². The van der Waals surface area contributed by atoms with Crippen molar-refractivity contribution >= 4 is 0 Å². The number of rotatable bonds is 4. The van der Waals surface area contributed by atoms with E-state index in [2.05, 4.69) is 19.2 Å². The van der Waals surface area contributed by atoms with Crippen molar-refractivity contribution in [3.05, 3.63) is 0 Å². The molecule has 0 heterocycles. The van der Waals surface area contributed by atoms with Gasteiger partial charge in [-0.3, -0.25) is 0 Å². The Balaban J connectivity index is 2.22. The van der Waals surface area contributed by atoms with Crippen molar-refractivity contribution in [1.82, 2.24) is 5.32 Å². The average Bonchev–Trinajstić information content (AvgIpc) is 2.64. The maximum absolute atomic E-state index is 9.84. The largest absolute Gasteiger partial charge is 0.389 e. The van der Waals surface area contributed by atoms with E-state index < -0.39 is 5.60 Å². The van der Waals surface area contributed by atoms with Crippen LogP contribution < -0.4 is 5.32 Å². The Morgan fingerprint density at radius 3 is 2.45 bits per heavy atom. The molecule has 2 N–H and O–H groups in total. The lowest BCUT2D eigenvalue weighted by Gasteiger charge is -2.24. The molecule has 0 amide bonds. The summed E-state index contributed by atoms with van der Waals surface area (Å²) in [5.74, 6) is 0.550. The van der Waals surface area contributed by atoms with E-state index in [0.717, 1.165) is 6.54 Å². The van der Waals surface area contributed by atoms with Crippen molar-refractivity contribution in [2.75, 3.05) is 6.54 Å². The second kappa shape index (κ2) is 3.11. The van der Waals surface area contributed by atoms with Gasteiger partial charge >= 0.3 is 0 Å². The smallest absolute Gasteiger partial charge is 0.0771 e. The highest BCUT2D eigenvalue weighted by Crippen LogP contribution is 2.38. The van der Waals surface area contributed by atoms with Gasteiger partial charge in [0, 0.05) is 12.6 Å². The van der Waals surface area contributed by atoms with Crippen LogP contribution in [-0.4, -0.2) is 23.3 Å². The van der Waals surface area contributed by atoms with Crippen LogP contribution in [0.2, 0.25) is 0 Å². The molecule has 11 heavy (non-hydrogen) atoms. The molecular formula is C9H19NO. The van der Waals surface area contributed by atoms with Gasteiger partial charge in [-0.25, -0.2) is 0 Å². The quantitative estimate of drug-likeness (QED) is 0.641. The highest BCUT2D eigenvalue weighted by Gasteiger charge is 2.39. The van der Waals surface area contributed by atoms with E-state index in [1.807, 2.05) is 6.92 Å². The second-order valence-electron chi connectivity index (χ2n) is 4.17. The van der Waals surface area contributed by atoms with E-state index in [9.17, 15) is 5.11 Å². The summed E-state index contributed by atoms with van der Waals surface area (Å²) < 4.78 is 0. The molecule has 0 bridgehead atoms. The molecule has 66 valence electrons. The zero-order chi connectivity index (χ0) is 8.48. The van der Waals surface area contributed by atoms with E-state index >= 15 is 0 Å². The highest BCUT2D eigenvalue weighted by molar-refractivity contribution is 4.92. The van der Waals surface area contributed by atoms with Crippen molar-refractivity contribution in [3.8, 4) is 0 Å². The van der Waals surface area contributed by atoms with Gasteiger partial charge in [-0.05, 0) is 25.7 Å². The summed E-state index contributed by atoms with van der Waals surface area (Å²) in [6, 6.07) is 0.472. The first-order chi connectivity index (χ1) is 5.02. The highest BCUT2D eigenvalue weighted by atomic mass is 16.3. The second-order valence-corrected chi connectivity index (χ2v) is 4.17. The lowest BCUT2D eigenvalue weighted by atomic mass is 10.0. The number of aliphatic hydroxyl groups is 1. The molecule has 1 fully saturated rings. The lowest BCUT2D eigenvalue weighted by Crippen LogP contribution is -2.42. The first-order valence-electron chi connectivity index (χ1n) is 4.48. The van der Waals surface area contributed by atoms with Crippen molar-refractivity contribution in [3.63, 3.8) is 0 Å². The Bertz CT molecular complexity index is 128. The minimum atomic E-state index is -0.468. The fourth-order valence-electron chi connectivity index (χ4n) is 1.26. The molecule has 0 aliphatic heterocycles. The molecule has 1 aliphatic carbocycles. The van der Waals surface area contributed by atoms with Gasteiger partial charge in [0.05, 0.1) is 5.60 Å². The predicted molar refractivity (Wildman–Crippen MR) is 46.5 cm³/mol. The van der Waals surface area contributed by atoms with Crippen LogP contribution in [0.4, 0.5) is 0 Å². The first kappa shape index (κ1) is 9.01. The van der Waals surface area contributed by atoms with E-state index in [4.69, 9.17) is 0 Å². The Morgan fingerprint density at radius 2 is 2.09 bits per heavy atom. The van der Waals surface area contributed by atoms with Crippen molar-refractivity contribution < 1.29 is 5.11 Å². The summed E-state index contributed by atoms with van der Waals surface area (Å²) in [6.45, 7) is 6.86. The van der Waals surface area contributed by atoms with Crippen molar-refractivity contribution in [2.45, 2.75) is 45.3 Å². The Kier molecular flexibility index (Phi) is 2.55. The molecule has 1 aliphatic rings. The molecule has 0 aromatic heterocycles. The molecule has 0 saturated heterocycles. The topological polar surface area (TPSA) is 32.3 Å². The number of nitrogens with one attached hydrogen (secondary N) is 1.